The number of rotatable bonds is 8. The molecule has 0 fully saturated rings. The number of aliphatic imine (C=N–C) groups is 1. The second kappa shape index (κ2) is 10.1. The van der Waals surface area contributed by atoms with E-state index in [1.807, 2.05) is 50.5 Å². The molecule has 4 aromatic rings. The molecule has 0 saturated carbocycles. The van der Waals surface area contributed by atoms with Crippen molar-refractivity contribution in [3.8, 4) is 5.88 Å². The molecule has 0 radical (unpaired) electrons. The van der Waals surface area contributed by atoms with Crippen LogP contribution in [0.25, 0.3) is 10.9 Å². The molecule has 3 N–H and O–H groups in total. The Labute approximate surface area is 202 Å². The highest BCUT2D eigenvalue weighted by Gasteiger charge is 2.19. The zero-order chi connectivity index (χ0) is 24.2. The standard InChI is InChI=1S/C26H25ClN4O3/c1-31(2)15-16-3-6-19(7-4-16)29-25(17-11-12-28-20(13-17)8-10-23(32)33)24-21-9-5-18(27)14-22(21)30-26(24)34/h3-7,9,11-14,30,34H,8,10,15H2,1-2H3,(H,32,33). The number of aliphatic carboxylic acids is 1. The number of halogens is 1. The molecule has 0 saturated heterocycles. The van der Waals surface area contributed by atoms with Gasteiger partial charge in [-0.2, -0.15) is 0 Å². The fraction of sp³-hybridized carbons (Fsp3) is 0.192. The summed E-state index contributed by atoms with van der Waals surface area (Å²) >= 11 is 6.15. The van der Waals surface area contributed by atoms with E-state index in [1.54, 1.807) is 24.4 Å². The van der Waals surface area contributed by atoms with Crippen LogP contribution < -0.4 is 0 Å². The minimum absolute atomic E-state index is 0.0207. The second-order valence-electron chi connectivity index (χ2n) is 8.33. The number of hydrogen-bond donors (Lipinski definition) is 3. The lowest BCUT2D eigenvalue weighted by Crippen LogP contribution is -2.10. The number of aromatic hydroxyl groups is 1. The smallest absolute Gasteiger partial charge is 0.303 e. The molecule has 0 aliphatic heterocycles. The lowest BCUT2D eigenvalue weighted by Gasteiger charge is -2.11. The van der Waals surface area contributed by atoms with E-state index in [9.17, 15) is 9.90 Å². The monoisotopic (exact) mass is 476 g/mol. The van der Waals surface area contributed by atoms with Gasteiger partial charge < -0.3 is 20.1 Å². The largest absolute Gasteiger partial charge is 0.494 e. The number of H-pyrrole nitrogens is 1. The molecule has 174 valence electrons. The van der Waals surface area contributed by atoms with Crippen LogP contribution in [0.4, 0.5) is 5.69 Å². The molecule has 0 amide bonds. The lowest BCUT2D eigenvalue weighted by atomic mass is 10.00. The summed E-state index contributed by atoms with van der Waals surface area (Å²) in [6.07, 6.45) is 1.91. The fourth-order valence-corrected chi connectivity index (χ4v) is 4.00. The van der Waals surface area contributed by atoms with Crippen molar-refractivity contribution in [2.45, 2.75) is 19.4 Å². The van der Waals surface area contributed by atoms with Crippen LogP contribution in [0, 0.1) is 0 Å². The molecule has 0 unspecified atom stereocenters. The molecule has 0 spiro atoms. The first-order valence-electron chi connectivity index (χ1n) is 10.8. The average Bonchev–Trinajstić information content (AvgIpc) is 3.11. The van der Waals surface area contributed by atoms with Gasteiger partial charge in [0.25, 0.3) is 0 Å². The first kappa shape index (κ1) is 23.5. The van der Waals surface area contributed by atoms with Crippen LogP contribution in [0.5, 0.6) is 5.88 Å². The zero-order valence-corrected chi connectivity index (χ0v) is 19.7. The van der Waals surface area contributed by atoms with Gasteiger partial charge in [-0.05, 0) is 56.1 Å². The maximum atomic E-state index is 11.0. The van der Waals surface area contributed by atoms with Gasteiger partial charge >= 0.3 is 5.97 Å². The Morgan fingerprint density at radius 3 is 2.59 bits per heavy atom. The van der Waals surface area contributed by atoms with Gasteiger partial charge in [0.15, 0.2) is 5.88 Å². The SMILES string of the molecule is CN(C)Cc1ccc(N=C(c2ccnc(CCC(=O)O)c2)c2c(O)[nH]c3cc(Cl)ccc23)cc1. The van der Waals surface area contributed by atoms with Gasteiger partial charge in [0, 0.05) is 40.8 Å². The van der Waals surface area contributed by atoms with Crippen molar-refractivity contribution in [3.05, 3.63) is 88.2 Å². The summed E-state index contributed by atoms with van der Waals surface area (Å²) in [5, 5.41) is 21.2. The van der Waals surface area contributed by atoms with Gasteiger partial charge in [-0.3, -0.25) is 9.78 Å². The summed E-state index contributed by atoms with van der Waals surface area (Å²) in [6.45, 7) is 0.818. The number of carboxylic acids is 1. The second-order valence-corrected chi connectivity index (χ2v) is 8.77. The zero-order valence-electron chi connectivity index (χ0n) is 18.9. The molecular formula is C26H25ClN4O3. The van der Waals surface area contributed by atoms with Gasteiger partial charge in [-0.1, -0.05) is 29.8 Å². The highest BCUT2D eigenvalue weighted by atomic mass is 35.5. The summed E-state index contributed by atoms with van der Waals surface area (Å²) in [6, 6.07) is 16.9. The average molecular weight is 477 g/mol. The van der Waals surface area contributed by atoms with Gasteiger partial charge in [0.05, 0.1) is 28.9 Å². The van der Waals surface area contributed by atoms with Crippen molar-refractivity contribution < 1.29 is 15.0 Å². The van der Waals surface area contributed by atoms with Crippen LogP contribution in [0.3, 0.4) is 0 Å². The van der Waals surface area contributed by atoms with Gasteiger partial charge in [0.1, 0.15) is 0 Å². The van der Waals surface area contributed by atoms with Crippen LogP contribution in [0.1, 0.15) is 28.8 Å². The Morgan fingerprint density at radius 1 is 1.12 bits per heavy atom. The normalized spacial score (nSPS) is 11.9. The quantitative estimate of drug-likeness (QED) is 0.304. The van der Waals surface area contributed by atoms with Crippen molar-refractivity contribution in [2.24, 2.45) is 4.99 Å². The van der Waals surface area contributed by atoms with E-state index >= 15 is 0 Å². The summed E-state index contributed by atoms with van der Waals surface area (Å²) < 4.78 is 0. The van der Waals surface area contributed by atoms with E-state index < -0.39 is 5.97 Å². The molecule has 4 rings (SSSR count). The number of hydrogen-bond acceptors (Lipinski definition) is 5. The fourth-order valence-electron chi connectivity index (χ4n) is 3.83. The third-order valence-corrected chi connectivity index (χ3v) is 5.57. The minimum atomic E-state index is -0.884. The third-order valence-electron chi connectivity index (χ3n) is 5.34. The number of nitrogens with zero attached hydrogens (tertiary/aromatic N) is 3. The van der Waals surface area contributed by atoms with Crippen LogP contribution in [-0.2, 0) is 17.8 Å². The molecule has 2 aromatic heterocycles. The van der Waals surface area contributed by atoms with Crippen LogP contribution in [-0.4, -0.2) is 50.9 Å². The molecule has 0 aliphatic carbocycles. The number of benzene rings is 2. The molecule has 0 atom stereocenters. The maximum Gasteiger partial charge on any atom is 0.303 e. The highest BCUT2D eigenvalue weighted by molar-refractivity contribution is 6.31. The van der Waals surface area contributed by atoms with Crippen LogP contribution in [0.15, 0.2) is 65.8 Å². The van der Waals surface area contributed by atoms with E-state index in [1.165, 1.54) is 0 Å². The molecule has 0 bridgehead atoms. The molecule has 7 nitrogen and oxygen atoms in total. The topological polar surface area (TPSA) is 102 Å². The molecule has 8 heteroatoms. The van der Waals surface area contributed by atoms with E-state index in [-0.39, 0.29) is 12.3 Å². The Kier molecular flexibility index (Phi) is 6.95. The van der Waals surface area contributed by atoms with Crippen LogP contribution in [0.2, 0.25) is 5.02 Å². The number of aromatic amines is 1. The summed E-state index contributed by atoms with van der Waals surface area (Å²) in [5.41, 5.74) is 5.02. The van der Waals surface area contributed by atoms with Crippen molar-refractivity contribution in [1.82, 2.24) is 14.9 Å². The highest BCUT2D eigenvalue weighted by Crippen LogP contribution is 2.33. The number of aromatic nitrogens is 2. The van der Waals surface area contributed by atoms with Crippen molar-refractivity contribution in [1.29, 1.82) is 0 Å². The molecule has 0 aliphatic rings. The van der Waals surface area contributed by atoms with Crippen LogP contribution >= 0.6 is 11.6 Å². The maximum absolute atomic E-state index is 11.0. The van der Waals surface area contributed by atoms with Gasteiger partial charge in [-0.25, -0.2) is 4.99 Å². The van der Waals surface area contributed by atoms with E-state index in [0.29, 0.717) is 33.9 Å². The van der Waals surface area contributed by atoms with E-state index in [2.05, 4.69) is 14.9 Å². The summed E-state index contributed by atoms with van der Waals surface area (Å²) in [4.78, 5) is 25.3. The number of carboxylic acid groups (broad SMARTS) is 1. The number of nitrogens with one attached hydrogen (secondary N) is 1. The summed E-state index contributed by atoms with van der Waals surface area (Å²) in [5.74, 6) is -0.908. The molecular weight excluding hydrogens is 452 g/mol. The number of aryl methyl sites for hydroxylation is 1. The Morgan fingerprint density at radius 2 is 1.88 bits per heavy atom. The number of pyridine rings is 1. The predicted molar refractivity (Wildman–Crippen MR) is 134 cm³/mol. The Balaban J connectivity index is 1.84. The molecule has 2 aromatic carbocycles. The number of fused-ring (bicyclic) bond motifs is 1. The third kappa shape index (κ3) is 5.44. The Bertz CT molecular complexity index is 1360. The van der Waals surface area contributed by atoms with Gasteiger partial charge in [-0.15, -0.1) is 0 Å². The first-order valence-corrected chi connectivity index (χ1v) is 11.2. The summed E-state index contributed by atoms with van der Waals surface area (Å²) in [7, 11) is 4.03. The lowest BCUT2D eigenvalue weighted by molar-refractivity contribution is -0.136. The number of carbonyl (C=O) groups is 1. The predicted octanol–water partition coefficient (Wildman–Crippen LogP) is 5.17. The molecule has 2 heterocycles. The van der Waals surface area contributed by atoms with Crippen molar-refractivity contribution in [3.63, 3.8) is 0 Å². The van der Waals surface area contributed by atoms with E-state index in [0.717, 1.165) is 28.7 Å². The van der Waals surface area contributed by atoms with Crippen molar-refractivity contribution in [2.75, 3.05) is 14.1 Å². The molecule has 34 heavy (non-hydrogen) atoms. The van der Waals surface area contributed by atoms with Crippen molar-refractivity contribution >= 4 is 39.9 Å². The Hall–Kier alpha value is -3.68. The van der Waals surface area contributed by atoms with Gasteiger partial charge in [0.2, 0.25) is 0 Å². The first-order chi connectivity index (χ1) is 16.3. The van der Waals surface area contributed by atoms with E-state index in [4.69, 9.17) is 21.7 Å². The minimum Gasteiger partial charge on any atom is -0.494 e.